The lowest BCUT2D eigenvalue weighted by Gasteiger charge is -2.15. The molecule has 0 radical (unpaired) electrons. The fourth-order valence-electron chi connectivity index (χ4n) is 3.53. The van der Waals surface area contributed by atoms with Crippen molar-refractivity contribution in [1.82, 2.24) is 4.98 Å². The number of para-hydroxylation sites is 1. The van der Waals surface area contributed by atoms with Gasteiger partial charge in [-0.05, 0) is 29.3 Å². The second kappa shape index (κ2) is 8.10. The third-order valence-corrected chi connectivity index (χ3v) is 4.96. The Morgan fingerprint density at radius 2 is 1.71 bits per heavy atom. The van der Waals surface area contributed by atoms with Crippen LogP contribution in [0.25, 0.3) is 22.0 Å². The molecule has 0 spiro atoms. The van der Waals surface area contributed by atoms with Gasteiger partial charge in [0.05, 0.1) is 16.6 Å². The van der Waals surface area contributed by atoms with Crippen LogP contribution in [-0.2, 0) is 12.7 Å². The highest BCUT2D eigenvalue weighted by Crippen LogP contribution is 2.38. The van der Waals surface area contributed by atoms with E-state index in [0.29, 0.717) is 17.7 Å². The molecule has 1 aromatic heterocycles. The van der Waals surface area contributed by atoms with Gasteiger partial charge < -0.3 is 11.1 Å². The third kappa shape index (κ3) is 4.21. The zero-order valence-electron chi connectivity index (χ0n) is 16.3. The van der Waals surface area contributed by atoms with E-state index in [9.17, 15) is 18.0 Å². The van der Waals surface area contributed by atoms with Crippen molar-refractivity contribution >= 4 is 22.5 Å². The summed E-state index contributed by atoms with van der Waals surface area (Å²) >= 11 is 0. The summed E-state index contributed by atoms with van der Waals surface area (Å²) in [5.74, 6) is -0.760. The maximum atomic E-state index is 13.5. The van der Waals surface area contributed by atoms with Crippen LogP contribution in [0.1, 0.15) is 21.5 Å². The molecule has 0 atom stereocenters. The molecule has 4 nitrogen and oxygen atoms in total. The molecule has 0 aliphatic heterocycles. The van der Waals surface area contributed by atoms with Crippen molar-refractivity contribution in [1.29, 1.82) is 0 Å². The number of alkyl halides is 3. The van der Waals surface area contributed by atoms with E-state index in [1.54, 1.807) is 18.2 Å². The fourth-order valence-corrected chi connectivity index (χ4v) is 3.53. The zero-order valence-corrected chi connectivity index (χ0v) is 16.3. The number of aromatic nitrogens is 1. The van der Waals surface area contributed by atoms with E-state index in [1.807, 2.05) is 36.4 Å². The number of carbonyl (C=O) groups excluding carboxylic acids is 1. The summed E-state index contributed by atoms with van der Waals surface area (Å²) in [5, 5.41) is 3.51. The number of nitrogens with one attached hydrogen (secondary N) is 1. The predicted molar refractivity (Wildman–Crippen MR) is 114 cm³/mol. The molecule has 0 aliphatic rings. The van der Waals surface area contributed by atoms with Crippen molar-refractivity contribution in [2.45, 2.75) is 12.7 Å². The lowest BCUT2D eigenvalue weighted by molar-refractivity contribution is -0.136. The number of hydrogen-bond donors (Lipinski definition) is 2. The van der Waals surface area contributed by atoms with Crippen LogP contribution < -0.4 is 11.1 Å². The van der Waals surface area contributed by atoms with Gasteiger partial charge in [-0.1, -0.05) is 54.6 Å². The number of hydrogen-bond acceptors (Lipinski definition) is 3. The molecular formula is C24H18F3N3O. The lowest BCUT2D eigenvalue weighted by Crippen LogP contribution is -2.14. The highest BCUT2D eigenvalue weighted by atomic mass is 19.4. The summed E-state index contributed by atoms with van der Waals surface area (Å²) in [6.45, 7) is 0.572. The lowest BCUT2D eigenvalue weighted by atomic mass is 9.94. The van der Waals surface area contributed by atoms with Gasteiger partial charge in [0.2, 0.25) is 0 Å². The average Bonchev–Trinajstić information content (AvgIpc) is 2.76. The predicted octanol–water partition coefficient (Wildman–Crippen LogP) is 5.63. The Labute approximate surface area is 176 Å². The van der Waals surface area contributed by atoms with E-state index in [1.165, 1.54) is 12.1 Å². The van der Waals surface area contributed by atoms with Gasteiger partial charge >= 0.3 is 6.18 Å². The molecular weight excluding hydrogens is 403 g/mol. The SMILES string of the molecule is NC(=O)c1cnc2c(C(F)(F)F)cccc2c1-c1cccc(NCc2ccccc2)c1. The summed E-state index contributed by atoms with van der Waals surface area (Å²) in [6, 6.07) is 20.7. The van der Waals surface area contributed by atoms with E-state index >= 15 is 0 Å². The summed E-state index contributed by atoms with van der Waals surface area (Å²) in [5.41, 5.74) is 7.23. The number of carbonyl (C=O) groups is 1. The number of benzene rings is 3. The minimum atomic E-state index is -4.57. The van der Waals surface area contributed by atoms with E-state index in [0.717, 1.165) is 23.5 Å². The Balaban J connectivity index is 1.83. The number of pyridine rings is 1. The molecule has 0 bridgehead atoms. The van der Waals surface area contributed by atoms with Crippen LogP contribution in [0, 0.1) is 0 Å². The average molecular weight is 421 g/mol. The number of rotatable bonds is 5. The molecule has 3 N–H and O–H groups in total. The Morgan fingerprint density at radius 1 is 0.968 bits per heavy atom. The molecule has 156 valence electrons. The number of primary amides is 1. The summed E-state index contributed by atoms with van der Waals surface area (Å²) in [4.78, 5) is 16.0. The second-order valence-corrected chi connectivity index (χ2v) is 7.03. The first-order chi connectivity index (χ1) is 14.8. The van der Waals surface area contributed by atoms with Gasteiger partial charge in [-0.25, -0.2) is 0 Å². The molecule has 4 rings (SSSR count). The molecule has 0 aliphatic carbocycles. The number of halogens is 3. The number of anilines is 1. The standard InChI is InChI=1S/C24H18F3N3O/c25-24(26,27)20-11-5-10-18-21(19(23(28)31)14-30-22(18)20)16-8-4-9-17(12-16)29-13-15-6-2-1-3-7-15/h1-12,14,29H,13H2,(H2,28,31). The van der Waals surface area contributed by atoms with E-state index in [2.05, 4.69) is 10.3 Å². The normalized spacial score (nSPS) is 11.5. The van der Waals surface area contributed by atoms with Gasteiger partial charge in [-0.3, -0.25) is 9.78 Å². The number of nitrogens with zero attached hydrogens (tertiary/aromatic N) is 1. The van der Waals surface area contributed by atoms with Gasteiger partial charge in [-0.2, -0.15) is 13.2 Å². The molecule has 31 heavy (non-hydrogen) atoms. The van der Waals surface area contributed by atoms with Crippen molar-refractivity contribution in [2.24, 2.45) is 5.73 Å². The molecule has 1 amide bonds. The number of amides is 1. The van der Waals surface area contributed by atoms with Crippen LogP contribution in [0.4, 0.5) is 18.9 Å². The number of nitrogens with two attached hydrogens (primary N) is 1. The van der Waals surface area contributed by atoms with Crippen LogP contribution in [0.15, 0.2) is 79.0 Å². The first-order valence-electron chi connectivity index (χ1n) is 9.51. The molecule has 7 heteroatoms. The van der Waals surface area contributed by atoms with Crippen LogP contribution in [0.5, 0.6) is 0 Å². The Hall–Kier alpha value is -3.87. The van der Waals surface area contributed by atoms with Crippen LogP contribution >= 0.6 is 0 Å². The van der Waals surface area contributed by atoms with Gasteiger partial charge in [-0.15, -0.1) is 0 Å². The van der Waals surface area contributed by atoms with E-state index in [4.69, 9.17) is 5.73 Å². The molecule has 0 unspecified atom stereocenters. The molecule has 0 saturated carbocycles. The van der Waals surface area contributed by atoms with E-state index in [-0.39, 0.29) is 16.5 Å². The van der Waals surface area contributed by atoms with Crippen LogP contribution in [0.2, 0.25) is 0 Å². The summed E-state index contributed by atoms with van der Waals surface area (Å²) in [7, 11) is 0. The van der Waals surface area contributed by atoms with Crippen molar-refractivity contribution in [3.05, 3.63) is 95.7 Å². The van der Waals surface area contributed by atoms with Gasteiger partial charge in [0.15, 0.2) is 0 Å². The molecule has 1 heterocycles. The van der Waals surface area contributed by atoms with Crippen molar-refractivity contribution < 1.29 is 18.0 Å². The third-order valence-electron chi connectivity index (χ3n) is 4.96. The fraction of sp³-hybridized carbons (Fsp3) is 0.0833. The first-order valence-corrected chi connectivity index (χ1v) is 9.51. The molecule has 0 saturated heterocycles. The minimum Gasteiger partial charge on any atom is -0.381 e. The van der Waals surface area contributed by atoms with Gasteiger partial charge in [0.1, 0.15) is 0 Å². The topological polar surface area (TPSA) is 68.0 Å². The Kier molecular flexibility index (Phi) is 5.33. The van der Waals surface area contributed by atoms with Crippen molar-refractivity contribution in [3.63, 3.8) is 0 Å². The molecule has 3 aromatic carbocycles. The maximum Gasteiger partial charge on any atom is 0.418 e. The van der Waals surface area contributed by atoms with Crippen molar-refractivity contribution in [3.8, 4) is 11.1 Å². The van der Waals surface area contributed by atoms with Crippen LogP contribution in [-0.4, -0.2) is 10.9 Å². The molecule has 4 aromatic rings. The largest absolute Gasteiger partial charge is 0.418 e. The quantitative estimate of drug-likeness (QED) is 0.439. The van der Waals surface area contributed by atoms with Gasteiger partial charge in [0, 0.05) is 29.4 Å². The summed E-state index contributed by atoms with van der Waals surface area (Å²) < 4.78 is 40.5. The van der Waals surface area contributed by atoms with E-state index < -0.39 is 17.6 Å². The monoisotopic (exact) mass is 421 g/mol. The molecule has 0 fully saturated rings. The second-order valence-electron chi connectivity index (χ2n) is 7.03. The first kappa shape index (κ1) is 20.4. The minimum absolute atomic E-state index is 0.0621. The van der Waals surface area contributed by atoms with Gasteiger partial charge in [0.25, 0.3) is 5.91 Å². The van der Waals surface area contributed by atoms with Crippen molar-refractivity contribution in [2.75, 3.05) is 5.32 Å². The Bertz CT molecular complexity index is 1250. The smallest absolute Gasteiger partial charge is 0.381 e. The Morgan fingerprint density at radius 3 is 2.42 bits per heavy atom. The summed E-state index contributed by atoms with van der Waals surface area (Å²) in [6.07, 6.45) is -3.46. The highest BCUT2D eigenvalue weighted by molar-refractivity contribution is 6.08. The maximum absolute atomic E-state index is 13.5. The zero-order chi connectivity index (χ0) is 22.0. The number of fused-ring (bicyclic) bond motifs is 1. The van der Waals surface area contributed by atoms with Crippen LogP contribution in [0.3, 0.4) is 0 Å². The highest BCUT2D eigenvalue weighted by Gasteiger charge is 2.34.